The first-order chi connectivity index (χ1) is 13.0. The topological polar surface area (TPSA) is 74.8 Å². The largest absolute Gasteiger partial charge is 0.338 e. The molecule has 0 bridgehead atoms. The van der Waals surface area contributed by atoms with Crippen molar-refractivity contribution in [1.29, 1.82) is 0 Å². The van der Waals surface area contributed by atoms with Crippen LogP contribution >= 0.6 is 0 Å². The molecule has 0 saturated heterocycles. The number of fused-ring (bicyclic) bond motifs is 1. The number of aromatic nitrogens is 2. The fourth-order valence-corrected chi connectivity index (χ4v) is 5.24. The maximum Gasteiger partial charge on any atom is 0.240 e. The van der Waals surface area contributed by atoms with Gasteiger partial charge in [0.05, 0.1) is 15.9 Å². The van der Waals surface area contributed by atoms with Gasteiger partial charge in [-0.05, 0) is 62.1 Å². The zero-order valence-electron chi connectivity index (χ0n) is 15.5. The fraction of sp³-hybridized carbons (Fsp3) is 0.381. The molecule has 1 saturated carbocycles. The number of nitrogens with zero attached hydrogens (tertiary/aromatic N) is 1. The lowest BCUT2D eigenvalue weighted by Crippen LogP contribution is -2.38. The Hall–Kier alpha value is -2.18. The van der Waals surface area contributed by atoms with E-state index in [1.165, 1.54) is 19.3 Å². The average Bonchev–Trinajstić information content (AvgIpc) is 3.13. The Kier molecular flexibility index (Phi) is 5.02. The third kappa shape index (κ3) is 3.92. The molecule has 0 amide bonds. The molecule has 0 aliphatic heterocycles. The number of sulfonamides is 1. The predicted molar refractivity (Wildman–Crippen MR) is 108 cm³/mol. The van der Waals surface area contributed by atoms with Gasteiger partial charge in [0.2, 0.25) is 10.0 Å². The summed E-state index contributed by atoms with van der Waals surface area (Å²) < 4.78 is 28.4. The van der Waals surface area contributed by atoms with Gasteiger partial charge in [-0.1, -0.05) is 31.4 Å². The second-order valence-electron chi connectivity index (χ2n) is 7.43. The highest BCUT2D eigenvalue weighted by atomic mass is 32.2. The second kappa shape index (κ2) is 7.44. The highest BCUT2D eigenvalue weighted by molar-refractivity contribution is 7.89. The summed E-state index contributed by atoms with van der Waals surface area (Å²) in [5, 5.41) is 0. The van der Waals surface area contributed by atoms with Gasteiger partial charge >= 0.3 is 0 Å². The number of hydrogen-bond donors (Lipinski definition) is 2. The van der Waals surface area contributed by atoms with Crippen molar-refractivity contribution < 1.29 is 8.42 Å². The molecule has 1 atom stereocenters. The van der Waals surface area contributed by atoms with Crippen LogP contribution in [0, 0.1) is 5.92 Å². The minimum atomic E-state index is -3.51. The van der Waals surface area contributed by atoms with Gasteiger partial charge in [-0.15, -0.1) is 0 Å². The van der Waals surface area contributed by atoms with Crippen LogP contribution in [0.15, 0.2) is 53.4 Å². The molecule has 0 radical (unpaired) electrons. The van der Waals surface area contributed by atoms with Crippen LogP contribution < -0.4 is 4.72 Å². The first-order valence-electron chi connectivity index (χ1n) is 9.60. The molecule has 1 unspecified atom stereocenters. The van der Waals surface area contributed by atoms with Crippen molar-refractivity contribution in [2.24, 2.45) is 5.92 Å². The van der Waals surface area contributed by atoms with E-state index in [0.717, 1.165) is 35.3 Å². The van der Waals surface area contributed by atoms with Crippen LogP contribution in [0.1, 0.15) is 39.0 Å². The molecule has 3 aromatic rings. The molecule has 27 heavy (non-hydrogen) atoms. The normalized spacial score (nSPS) is 17.2. The van der Waals surface area contributed by atoms with Crippen LogP contribution in [0.2, 0.25) is 0 Å². The highest BCUT2D eigenvalue weighted by Crippen LogP contribution is 2.27. The number of rotatable bonds is 5. The summed E-state index contributed by atoms with van der Waals surface area (Å²) in [6.45, 7) is 1.98. The van der Waals surface area contributed by atoms with Gasteiger partial charge in [-0.2, -0.15) is 0 Å². The number of imidazole rings is 1. The molecule has 5 nitrogen and oxygen atoms in total. The Morgan fingerprint density at radius 1 is 1.04 bits per heavy atom. The Balaban J connectivity index is 1.52. The van der Waals surface area contributed by atoms with Gasteiger partial charge in [0, 0.05) is 11.6 Å². The van der Waals surface area contributed by atoms with Crippen molar-refractivity contribution in [2.45, 2.75) is 50.0 Å². The number of benzene rings is 2. The molecular formula is C21H25N3O2S. The van der Waals surface area contributed by atoms with Crippen LogP contribution in [0.5, 0.6) is 0 Å². The Morgan fingerprint density at radius 2 is 1.74 bits per heavy atom. The SMILES string of the molecule is CC(NS(=O)(=O)c1ccc(-c2nc3ccccc3[nH]2)cc1)C1CCCCC1. The van der Waals surface area contributed by atoms with E-state index in [-0.39, 0.29) is 6.04 Å². The molecule has 6 heteroatoms. The third-order valence-corrected chi connectivity index (χ3v) is 7.10. The summed E-state index contributed by atoms with van der Waals surface area (Å²) in [5.74, 6) is 1.17. The quantitative estimate of drug-likeness (QED) is 0.682. The molecule has 2 aromatic carbocycles. The Bertz CT molecular complexity index is 986. The van der Waals surface area contributed by atoms with E-state index < -0.39 is 10.0 Å². The van der Waals surface area contributed by atoms with Crippen molar-refractivity contribution in [2.75, 3.05) is 0 Å². The minimum absolute atomic E-state index is 0.0367. The van der Waals surface area contributed by atoms with Gasteiger partial charge in [0.15, 0.2) is 0 Å². The summed E-state index contributed by atoms with van der Waals surface area (Å²) in [5.41, 5.74) is 2.73. The lowest BCUT2D eigenvalue weighted by atomic mass is 9.85. The Labute approximate surface area is 160 Å². The molecular weight excluding hydrogens is 358 g/mol. The molecule has 2 N–H and O–H groups in total. The van der Waals surface area contributed by atoms with Crippen molar-refractivity contribution >= 4 is 21.1 Å². The number of aromatic amines is 1. The standard InChI is InChI=1S/C21H25N3O2S/c1-15(16-7-3-2-4-8-16)24-27(25,26)18-13-11-17(12-14-18)21-22-19-9-5-6-10-20(19)23-21/h5-6,9-16,24H,2-4,7-8H2,1H3,(H,22,23). The summed E-state index contributed by atoms with van der Waals surface area (Å²) in [4.78, 5) is 8.13. The van der Waals surface area contributed by atoms with Crippen molar-refractivity contribution in [3.8, 4) is 11.4 Å². The smallest absolute Gasteiger partial charge is 0.240 e. The van der Waals surface area contributed by atoms with E-state index in [4.69, 9.17) is 0 Å². The van der Waals surface area contributed by atoms with Crippen molar-refractivity contribution in [1.82, 2.24) is 14.7 Å². The summed E-state index contributed by atoms with van der Waals surface area (Å²) in [6, 6.07) is 14.7. The molecule has 1 aliphatic rings. The third-order valence-electron chi connectivity index (χ3n) is 5.53. The van der Waals surface area contributed by atoms with Gasteiger partial charge < -0.3 is 4.98 Å². The lowest BCUT2D eigenvalue weighted by Gasteiger charge is -2.28. The first-order valence-corrected chi connectivity index (χ1v) is 11.1. The van der Waals surface area contributed by atoms with E-state index in [1.54, 1.807) is 24.3 Å². The zero-order chi connectivity index (χ0) is 18.9. The second-order valence-corrected chi connectivity index (χ2v) is 9.15. The van der Waals surface area contributed by atoms with Gasteiger partial charge in [-0.3, -0.25) is 0 Å². The van der Waals surface area contributed by atoms with Crippen LogP contribution in [-0.2, 0) is 10.0 Å². The number of nitrogens with one attached hydrogen (secondary N) is 2. The molecule has 1 aromatic heterocycles. The van der Waals surface area contributed by atoms with E-state index >= 15 is 0 Å². The van der Waals surface area contributed by atoms with E-state index in [0.29, 0.717) is 10.8 Å². The molecule has 4 rings (SSSR count). The van der Waals surface area contributed by atoms with Crippen LogP contribution in [0.25, 0.3) is 22.4 Å². The first kappa shape index (κ1) is 18.2. The highest BCUT2D eigenvalue weighted by Gasteiger charge is 2.25. The molecule has 1 fully saturated rings. The van der Waals surface area contributed by atoms with Crippen LogP contribution in [0.4, 0.5) is 0 Å². The molecule has 1 heterocycles. The molecule has 1 aliphatic carbocycles. The molecule has 142 valence electrons. The minimum Gasteiger partial charge on any atom is -0.338 e. The van der Waals surface area contributed by atoms with Gasteiger partial charge in [0.25, 0.3) is 0 Å². The van der Waals surface area contributed by atoms with Crippen LogP contribution in [0.3, 0.4) is 0 Å². The van der Waals surface area contributed by atoms with Crippen LogP contribution in [-0.4, -0.2) is 24.4 Å². The maximum atomic E-state index is 12.7. The van der Waals surface area contributed by atoms with E-state index in [9.17, 15) is 8.42 Å². The average molecular weight is 384 g/mol. The molecule has 0 spiro atoms. The van der Waals surface area contributed by atoms with E-state index in [2.05, 4.69) is 14.7 Å². The number of H-pyrrole nitrogens is 1. The van der Waals surface area contributed by atoms with E-state index in [1.807, 2.05) is 31.2 Å². The Morgan fingerprint density at radius 3 is 2.44 bits per heavy atom. The number of para-hydroxylation sites is 2. The lowest BCUT2D eigenvalue weighted by molar-refractivity contribution is 0.303. The summed E-state index contributed by atoms with van der Waals surface area (Å²) in [7, 11) is -3.51. The van der Waals surface area contributed by atoms with Gasteiger partial charge in [0.1, 0.15) is 5.82 Å². The number of hydrogen-bond acceptors (Lipinski definition) is 3. The van der Waals surface area contributed by atoms with Crippen molar-refractivity contribution in [3.05, 3.63) is 48.5 Å². The fourth-order valence-electron chi connectivity index (χ4n) is 3.92. The summed E-state index contributed by atoms with van der Waals surface area (Å²) in [6.07, 6.45) is 5.87. The maximum absolute atomic E-state index is 12.7. The summed E-state index contributed by atoms with van der Waals surface area (Å²) >= 11 is 0. The van der Waals surface area contributed by atoms with Gasteiger partial charge in [-0.25, -0.2) is 18.1 Å². The monoisotopic (exact) mass is 383 g/mol. The zero-order valence-corrected chi connectivity index (χ0v) is 16.3. The van der Waals surface area contributed by atoms with Crippen molar-refractivity contribution in [3.63, 3.8) is 0 Å². The predicted octanol–water partition coefficient (Wildman–Crippen LogP) is 4.48.